The van der Waals surface area contributed by atoms with E-state index < -0.39 is 0 Å². The average molecular weight is 265 g/mol. The topological polar surface area (TPSA) is 12.5 Å². The summed E-state index contributed by atoms with van der Waals surface area (Å²) in [5, 5.41) is 0. The molecule has 0 amide bonds. The molecule has 1 aliphatic rings. The molecule has 1 saturated heterocycles. The lowest BCUT2D eigenvalue weighted by Gasteiger charge is -2.19. The number of thioether (sulfide) groups is 1. The van der Waals surface area contributed by atoms with Crippen LogP contribution in [-0.4, -0.2) is 44.0 Å². The van der Waals surface area contributed by atoms with E-state index in [0.29, 0.717) is 0 Å². The van der Waals surface area contributed by atoms with Gasteiger partial charge in [-0.05, 0) is 50.2 Å². The van der Waals surface area contributed by atoms with Crippen LogP contribution in [0.5, 0.6) is 0 Å². The zero-order valence-corrected chi connectivity index (χ0v) is 12.0. The maximum absolute atomic E-state index is 5.41. The molecule has 3 heteroatoms. The highest BCUT2D eigenvalue weighted by Gasteiger charge is 2.16. The molecule has 1 aromatic carbocycles. The van der Waals surface area contributed by atoms with Crippen LogP contribution in [0.3, 0.4) is 0 Å². The molecule has 0 aliphatic carbocycles. The summed E-state index contributed by atoms with van der Waals surface area (Å²) in [6, 6.07) is 10.7. The summed E-state index contributed by atoms with van der Waals surface area (Å²) in [4.78, 5) is 3.83. The van der Waals surface area contributed by atoms with Crippen LogP contribution in [0.2, 0.25) is 0 Å². The van der Waals surface area contributed by atoms with Crippen molar-refractivity contribution in [3.8, 4) is 0 Å². The van der Waals surface area contributed by atoms with Crippen LogP contribution in [0.1, 0.15) is 12.8 Å². The molecule has 1 aliphatic heterocycles. The number of nitrogens with zero attached hydrogens (tertiary/aromatic N) is 1. The highest BCUT2D eigenvalue weighted by atomic mass is 32.2. The van der Waals surface area contributed by atoms with Gasteiger partial charge in [0.1, 0.15) is 0 Å². The second-order valence-electron chi connectivity index (χ2n) is 5.01. The number of hydrogen-bond acceptors (Lipinski definition) is 3. The largest absolute Gasteiger partial charge is 0.381 e. The lowest BCUT2D eigenvalue weighted by Crippen LogP contribution is -2.27. The Bertz CT molecular complexity index is 325. The molecule has 1 atom stereocenters. The van der Waals surface area contributed by atoms with Crippen LogP contribution in [-0.2, 0) is 4.74 Å². The zero-order valence-electron chi connectivity index (χ0n) is 11.2. The highest BCUT2D eigenvalue weighted by Crippen LogP contribution is 2.18. The lowest BCUT2D eigenvalue weighted by molar-refractivity contribution is 0.174. The van der Waals surface area contributed by atoms with Crippen molar-refractivity contribution in [1.29, 1.82) is 0 Å². The van der Waals surface area contributed by atoms with Crippen LogP contribution in [0.25, 0.3) is 0 Å². The van der Waals surface area contributed by atoms with E-state index in [-0.39, 0.29) is 0 Å². The van der Waals surface area contributed by atoms with Gasteiger partial charge in [0.25, 0.3) is 0 Å². The molecule has 0 spiro atoms. The van der Waals surface area contributed by atoms with E-state index >= 15 is 0 Å². The van der Waals surface area contributed by atoms with Crippen LogP contribution in [0, 0.1) is 5.92 Å². The summed E-state index contributed by atoms with van der Waals surface area (Å²) in [7, 11) is 2.23. The van der Waals surface area contributed by atoms with E-state index in [1.807, 2.05) is 11.8 Å². The van der Waals surface area contributed by atoms with Gasteiger partial charge >= 0.3 is 0 Å². The minimum atomic E-state index is 0.761. The summed E-state index contributed by atoms with van der Waals surface area (Å²) >= 11 is 1.95. The number of ether oxygens (including phenoxy) is 1. The Morgan fingerprint density at radius 1 is 1.33 bits per heavy atom. The molecule has 0 radical (unpaired) electrons. The molecule has 18 heavy (non-hydrogen) atoms. The monoisotopic (exact) mass is 265 g/mol. The summed E-state index contributed by atoms with van der Waals surface area (Å²) in [6.45, 7) is 4.30. The van der Waals surface area contributed by atoms with Crippen molar-refractivity contribution in [3.63, 3.8) is 0 Å². The lowest BCUT2D eigenvalue weighted by atomic mass is 10.1. The summed E-state index contributed by atoms with van der Waals surface area (Å²) in [5.74, 6) is 1.96. The van der Waals surface area contributed by atoms with E-state index in [1.54, 1.807) is 0 Å². The Kier molecular flexibility index (Phi) is 6.05. The van der Waals surface area contributed by atoms with Crippen LogP contribution in [0.4, 0.5) is 0 Å². The van der Waals surface area contributed by atoms with Crippen molar-refractivity contribution in [3.05, 3.63) is 30.3 Å². The molecule has 1 fully saturated rings. The molecular formula is C15H23NOS. The van der Waals surface area contributed by atoms with Crippen LogP contribution < -0.4 is 0 Å². The Labute approximate surface area is 115 Å². The first-order valence-electron chi connectivity index (χ1n) is 6.79. The molecule has 1 heterocycles. The molecule has 2 rings (SSSR count). The highest BCUT2D eigenvalue weighted by molar-refractivity contribution is 7.99. The summed E-state index contributed by atoms with van der Waals surface area (Å²) in [5.41, 5.74) is 0. The van der Waals surface area contributed by atoms with E-state index in [2.05, 4.69) is 42.3 Å². The first-order valence-corrected chi connectivity index (χ1v) is 7.77. The normalized spacial score (nSPS) is 19.6. The SMILES string of the molecule is CN(CCCSc1ccccc1)C[C@H]1CCOC1. The van der Waals surface area contributed by atoms with Gasteiger partial charge in [-0.25, -0.2) is 0 Å². The van der Waals surface area contributed by atoms with Gasteiger partial charge in [-0.3, -0.25) is 0 Å². The first-order chi connectivity index (χ1) is 8.84. The van der Waals surface area contributed by atoms with Crippen molar-refractivity contribution in [2.24, 2.45) is 5.92 Å². The van der Waals surface area contributed by atoms with E-state index in [0.717, 1.165) is 19.1 Å². The quantitative estimate of drug-likeness (QED) is 0.555. The fourth-order valence-corrected chi connectivity index (χ4v) is 3.16. The molecule has 0 bridgehead atoms. The average Bonchev–Trinajstić information content (AvgIpc) is 2.89. The fraction of sp³-hybridized carbons (Fsp3) is 0.600. The van der Waals surface area contributed by atoms with Crippen molar-refractivity contribution in [1.82, 2.24) is 4.90 Å². The zero-order chi connectivity index (χ0) is 12.6. The molecule has 0 N–H and O–H groups in total. The first kappa shape index (κ1) is 13.9. The molecule has 1 aromatic rings. The van der Waals surface area contributed by atoms with Gasteiger partial charge in [0.15, 0.2) is 0 Å². The minimum absolute atomic E-state index is 0.761. The van der Waals surface area contributed by atoms with Crippen molar-refractivity contribution in [2.45, 2.75) is 17.7 Å². The number of rotatable bonds is 7. The minimum Gasteiger partial charge on any atom is -0.381 e. The van der Waals surface area contributed by atoms with Crippen LogP contribution in [0.15, 0.2) is 35.2 Å². The van der Waals surface area contributed by atoms with Gasteiger partial charge < -0.3 is 9.64 Å². The number of benzene rings is 1. The van der Waals surface area contributed by atoms with E-state index in [4.69, 9.17) is 4.74 Å². The van der Waals surface area contributed by atoms with Gasteiger partial charge in [0.2, 0.25) is 0 Å². The van der Waals surface area contributed by atoms with Gasteiger partial charge in [-0.15, -0.1) is 11.8 Å². The third kappa shape index (κ3) is 5.01. The van der Waals surface area contributed by atoms with Gasteiger partial charge in [0, 0.05) is 18.0 Å². The second kappa shape index (κ2) is 7.82. The molecular weight excluding hydrogens is 242 g/mol. The van der Waals surface area contributed by atoms with Crippen molar-refractivity contribution >= 4 is 11.8 Å². The van der Waals surface area contributed by atoms with Gasteiger partial charge in [-0.1, -0.05) is 18.2 Å². The predicted molar refractivity (Wildman–Crippen MR) is 78.2 cm³/mol. The molecule has 0 aromatic heterocycles. The number of hydrogen-bond donors (Lipinski definition) is 0. The third-order valence-electron chi connectivity index (χ3n) is 3.29. The molecule has 2 nitrogen and oxygen atoms in total. The second-order valence-corrected chi connectivity index (χ2v) is 6.18. The predicted octanol–water partition coefficient (Wildman–Crippen LogP) is 3.14. The van der Waals surface area contributed by atoms with Crippen molar-refractivity contribution in [2.75, 3.05) is 39.1 Å². The maximum Gasteiger partial charge on any atom is 0.0507 e. The summed E-state index contributed by atoms with van der Waals surface area (Å²) < 4.78 is 5.41. The molecule has 0 saturated carbocycles. The smallest absolute Gasteiger partial charge is 0.0507 e. The van der Waals surface area contributed by atoms with Gasteiger partial charge in [-0.2, -0.15) is 0 Å². The van der Waals surface area contributed by atoms with E-state index in [9.17, 15) is 0 Å². The van der Waals surface area contributed by atoms with E-state index in [1.165, 1.54) is 36.6 Å². The summed E-state index contributed by atoms with van der Waals surface area (Å²) in [6.07, 6.45) is 2.49. The standard InChI is InChI=1S/C15H23NOS/c1-16(12-14-8-10-17-13-14)9-5-11-18-15-6-3-2-4-7-15/h2-4,6-7,14H,5,8-13H2,1H3/t14-/m1/s1. The molecule has 100 valence electrons. The van der Waals surface area contributed by atoms with Gasteiger partial charge in [0.05, 0.1) is 6.61 Å². The Balaban J connectivity index is 1.54. The fourth-order valence-electron chi connectivity index (χ4n) is 2.30. The third-order valence-corrected chi connectivity index (χ3v) is 4.39. The van der Waals surface area contributed by atoms with Crippen molar-refractivity contribution < 1.29 is 4.74 Å². The maximum atomic E-state index is 5.41. The Hall–Kier alpha value is -0.510. The van der Waals surface area contributed by atoms with Crippen LogP contribution >= 0.6 is 11.8 Å². The molecule has 0 unspecified atom stereocenters. The Morgan fingerprint density at radius 3 is 2.89 bits per heavy atom. The Morgan fingerprint density at radius 2 is 2.17 bits per heavy atom.